The first-order valence-corrected chi connectivity index (χ1v) is 8.51. The Hall–Kier alpha value is -2.14. The molecule has 0 saturated heterocycles. The molecular formula is C18H21NO3S. The number of hydrogen-bond donors (Lipinski definition) is 1. The number of rotatable bonds is 7. The van der Waals surface area contributed by atoms with Gasteiger partial charge in [-0.25, -0.2) is 4.79 Å². The van der Waals surface area contributed by atoms with Crippen molar-refractivity contribution in [2.45, 2.75) is 32.9 Å². The van der Waals surface area contributed by atoms with Crippen LogP contribution in [0.25, 0.3) is 0 Å². The Kier molecular flexibility index (Phi) is 6.35. The van der Waals surface area contributed by atoms with Gasteiger partial charge in [-0.1, -0.05) is 44.2 Å². The molecule has 0 aliphatic heterocycles. The number of carbonyl (C=O) groups is 2. The minimum absolute atomic E-state index is 0.0373. The molecule has 2 aromatic rings. The molecule has 122 valence electrons. The summed E-state index contributed by atoms with van der Waals surface area (Å²) in [6.45, 7) is 3.99. The van der Waals surface area contributed by atoms with Gasteiger partial charge in [0.1, 0.15) is 12.6 Å². The third-order valence-corrected chi connectivity index (χ3v) is 4.14. The van der Waals surface area contributed by atoms with Crippen molar-refractivity contribution >= 4 is 23.2 Å². The van der Waals surface area contributed by atoms with E-state index in [-0.39, 0.29) is 24.9 Å². The molecule has 2 rings (SSSR count). The third-order valence-electron chi connectivity index (χ3n) is 3.41. The molecule has 1 heterocycles. The molecular weight excluding hydrogens is 310 g/mol. The van der Waals surface area contributed by atoms with Crippen LogP contribution in [0.1, 0.15) is 25.0 Å². The highest BCUT2D eigenvalue weighted by molar-refractivity contribution is 7.08. The van der Waals surface area contributed by atoms with Crippen molar-refractivity contribution in [3.63, 3.8) is 0 Å². The van der Waals surface area contributed by atoms with Crippen LogP contribution in [-0.2, 0) is 27.4 Å². The molecule has 0 aliphatic carbocycles. The van der Waals surface area contributed by atoms with Gasteiger partial charge in [-0.05, 0) is 33.9 Å². The van der Waals surface area contributed by atoms with Crippen LogP contribution in [0.3, 0.4) is 0 Å². The fraction of sp³-hybridized carbons (Fsp3) is 0.333. The maximum atomic E-state index is 12.3. The lowest BCUT2D eigenvalue weighted by atomic mass is 10.0. The molecule has 1 aromatic carbocycles. The first kappa shape index (κ1) is 17.2. The third kappa shape index (κ3) is 5.53. The summed E-state index contributed by atoms with van der Waals surface area (Å²) in [6, 6.07) is 10.8. The van der Waals surface area contributed by atoms with E-state index in [1.165, 1.54) is 0 Å². The second kappa shape index (κ2) is 8.48. The van der Waals surface area contributed by atoms with Crippen LogP contribution < -0.4 is 5.32 Å². The number of thiophene rings is 1. The second-order valence-corrected chi connectivity index (χ2v) is 6.47. The molecule has 1 atom stereocenters. The van der Waals surface area contributed by atoms with Crippen LogP contribution in [0.5, 0.6) is 0 Å². The zero-order valence-corrected chi connectivity index (χ0v) is 14.1. The molecule has 0 saturated carbocycles. The zero-order chi connectivity index (χ0) is 16.7. The highest BCUT2D eigenvalue weighted by atomic mass is 32.1. The monoisotopic (exact) mass is 331 g/mol. The molecule has 0 aliphatic rings. The lowest BCUT2D eigenvalue weighted by Crippen LogP contribution is -2.45. The first-order chi connectivity index (χ1) is 11.1. The van der Waals surface area contributed by atoms with Gasteiger partial charge < -0.3 is 10.1 Å². The van der Waals surface area contributed by atoms with Crippen molar-refractivity contribution in [3.8, 4) is 0 Å². The van der Waals surface area contributed by atoms with Gasteiger partial charge in [0, 0.05) is 0 Å². The summed E-state index contributed by atoms with van der Waals surface area (Å²) < 4.78 is 5.34. The molecule has 5 heteroatoms. The predicted octanol–water partition coefficient (Wildman–Crippen LogP) is 3.17. The molecule has 0 radical (unpaired) electrons. The number of esters is 1. The Morgan fingerprint density at radius 1 is 1.13 bits per heavy atom. The Morgan fingerprint density at radius 2 is 1.87 bits per heavy atom. The van der Waals surface area contributed by atoms with Gasteiger partial charge in [0.05, 0.1) is 6.42 Å². The molecule has 1 aromatic heterocycles. The van der Waals surface area contributed by atoms with Gasteiger partial charge in [-0.2, -0.15) is 11.3 Å². The van der Waals surface area contributed by atoms with E-state index in [2.05, 4.69) is 5.32 Å². The van der Waals surface area contributed by atoms with Crippen LogP contribution in [0.15, 0.2) is 47.2 Å². The lowest BCUT2D eigenvalue weighted by Gasteiger charge is -2.20. The number of hydrogen-bond acceptors (Lipinski definition) is 4. The van der Waals surface area contributed by atoms with E-state index in [4.69, 9.17) is 4.74 Å². The average molecular weight is 331 g/mol. The first-order valence-electron chi connectivity index (χ1n) is 7.57. The predicted molar refractivity (Wildman–Crippen MR) is 91.0 cm³/mol. The van der Waals surface area contributed by atoms with Crippen LogP contribution in [0.4, 0.5) is 0 Å². The Morgan fingerprint density at radius 3 is 2.48 bits per heavy atom. The summed E-state index contributed by atoms with van der Waals surface area (Å²) in [5.74, 6) is -0.606. The zero-order valence-electron chi connectivity index (χ0n) is 13.3. The molecule has 0 spiro atoms. The second-order valence-electron chi connectivity index (χ2n) is 5.69. The number of benzene rings is 1. The van der Waals surface area contributed by atoms with Gasteiger partial charge in [0.25, 0.3) is 0 Å². The fourth-order valence-electron chi connectivity index (χ4n) is 2.12. The summed E-state index contributed by atoms with van der Waals surface area (Å²) in [6.07, 6.45) is 0.276. The SMILES string of the molecule is CC(C)[C@H](NC(=O)Cc1ccsc1)C(=O)OCc1ccccc1. The van der Waals surface area contributed by atoms with Crippen LogP contribution in [-0.4, -0.2) is 17.9 Å². The largest absolute Gasteiger partial charge is 0.459 e. The molecule has 0 fully saturated rings. The summed E-state index contributed by atoms with van der Waals surface area (Å²) in [4.78, 5) is 24.4. The van der Waals surface area contributed by atoms with Crippen LogP contribution in [0, 0.1) is 5.92 Å². The minimum Gasteiger partial charge on any atom is -0.459 e. The number of ether oxygens (including phenoxy) is 1. The van der Waals surface area contributed by atoms with Gasteiger partial charge in [0.2, 0.25) is 5.91 Å². The van der Waals surface area contributed by atoms with Gasteiger partial charge in [-0.15, -0.1) is 0 Å². The maximum Gasteiger partial charge on any atom is 0.329 e. The van der Waals surface area contributed by atoms with Crippen molar-refractivity contribution in [1.29, 1.82) is 0 Å². The minimum atomic E-state index is -0.634. The van der Waals surface area contributed by atoms with E-state index in [9.17, 15) is 9.59 Å². The summed E-state index contributed by atoms with van der Waals surface area (Å²) in [7, 11) is 0. The average Bonchev–Trinajstić information content (AvgIpc) is 3.04. The van der Waals surface area contributed by atoms with Crippen LogP contribution in [0.2, 0.25) is 0 Å². The van der Waals surface area contributed by atoms with Gasteiger partial charge in [0.15, 0.2) is 0 Å². The van der Waals surface area contributed by atoms with Gasteiger partial charge in [-0.3, -0.25) is 4.79 Å². The standard InChI is InChI=1S/C18H21NO3S/c1-13(2)17(19-16(20)10-15-8-9-23-12-15)18(21)22-11-14-6-4-3-5-7-14/h3-9,12-13,17H,10-11H2,1-2H3,(H,19,20)/t17-/m0/s1. The van der Waals surface area contributed by atoms with E-state index in [1.54, 1.807) is 11.3 Å². The highest BCUT2D eigenvalue weighted by Gasteiger charge is 2.25. The molecule has 23 heavy (non-hydrogen) atoms. The van der Waals surface area contributed by atoms with Gasteiger partial charge >= 0.3 is 5.97 Å². The van der Waals surface area contributed by atoms with Crippen molar-refractivity contribution in [2.24, 2.45) is 5.92 Å². The number of nitrogens with one attached hydrogen (secondary N) is 1. The Bertz CT molecular complexity index is 623. The van der Waals surface area contributed by atoms with Crippen molar-refractivity contribution in [1.82, 2.24) is 5.32 Å². The van der Waals surface area contributed by atoms with E-state index < -0.39 is 12.0 Å². The molecule has 1 amide bonds. The van der Waals surface area contributed by atoms with E-state index in [0.29, 0.717) is 0 Å². The summed E-state index contributed by atoms with van der Waals surface area (Å²) >= 11 is 1.55. The lowest BCUT2D eigenvalue weighted by molar-refractivity contribution is -0.150. The van der Waals surface area contributed by atoms with Crippen LogP contribution >= 0.6 is 11.3 Å². The molecule has 1 N–H and O–H groups in total. The smallest absolute Gasteiger partial charge is 0.329 e. The number of carbonyl (C=O) groups excluding carboxylic acids is 2. The van der Waals surface area contributed by atoms with Crippen molar-refractivity contribution < 1.29 is 14.3 Å². The quantitative estimate of drug-likeness (QED) is 0.793. The summed E-state index contributed by atoms with van der Waals surface area (Å²) in [5.41, 5.74) is 1.88. The van der Waals surface area contributed by atoms with Crippen molar-refractivity contribution in [3.05, 3.63) is 58.3 Å². The Labute approximate surface area is 140 Å². The molecule has 0 unspecified atom stereocenters. The molecule has 4 nitrogen and oxygen atoms in total. The fourth-order valence-corrected chi connectivity index (χ4v) is 2.79. The number of amides is 1. The van der Waals surface area contributed by atoms with E-state index >= 15 is 0 Å². The summed E-state index contributed by atoms with van der Waals surface area (Å²) in [5, 5.41) is 6.64. The normalized spacial score (nSPS) is 12.0. The van der Waals surface area contributed by atoms with E-state index in [0.717, 1.165) is 11.1 Å². The van der Waals surface area contributed by atoms with Crippen molar-refractivity contribution in [2.75, 3.05) is 0 Å². The Balaban J connectivity index is 1.89. The highest BCUT2D eigenvalue weighted by Crippen LogP contribution is 2.10. The van der Waals surface area contributed by atoms with E-state index in [1.807, 2.05) is 61.0 Å². The topological polar surface area (TPSA) is 55.4 Å². The molecule has 0 bridgehead atoms. The maximum absolute atomic E-state index is 12.3.